The Balaban J connectivity index is 1.88. The van der Waals surface area contributed by atoms with Gasteiger partial charge in [0.05, 0.1) is 5.69 Å². The van der Waals surface area contributed by atoms with Crippen LogP contribution < -0.4 is 10.9 Å². The van der Waals surface area contributed by atoms with Crippen molar-refractivity contribution >= 4 is 21.8 Å². The van der Waals surface area contributed by atoms with Crippen LogP contribution in [0.4, 0.5) is 4.39 Å². The molecule has 0 aliphatic carbocycles. The smallest absolute Gasteiger partial charge is 0.275 e. The molecule has 0 radical (unpaired) electrons. The normalized spacial score (nSPS) is 10.5. The molecule has 0 aliphatic rings. The number of benzene rings is 2. The van der Waals surface area contributed by atoms with Crippen LogP contribution in [0.25, 0.3) is 5.69 Å². The van der Waals surface area contributed by atoms with Crippen LogP contribution >= 0.6 is 15.9 Å². The maximum absolute atomic E-state index is 13.6. The van der Waals surface area contributed by atoms with Crippen LogP contribution in [0.1, 0.15) is 16.1 Å². The molecule has 132 valence electrons. The lowest BCUT2D eigenvalue weighted by atomic mass is 10.2. The second kappa shape index (κ2) is 7.49. The highest BCUT2D eigenvalue weighted by Crippen LogP contribution is 2.15. The molecule has 3 rings (SSSR count). The maximum Gasteiger partial charge on any atom is 0.275 e. The van der Waals surface area contributed by atoms with Crippen molar-refractivity contribution in [3.63, 3.8) is 0 Å². The van der Waals surface area contributed by atoms with E-state index in [1.54, 1.807) is 36.4 Å². The second-order valence-corrected chi connectivity index (χ2v) is 6.29. The van der Waals surface area contributed by atoms with Gasteiger partial charge in [-0.25, -0.2) is 4.39 Å². The Morgan fingerprint density at radius 3 is 2.58 bits per heavy atom. The van der Waals surface area contributed by atoms with Gasteiger partial charge < -0.3 is 10.4 Å². The zero-order valence-electron chi connectivity index (χ0n) is 13.3. The van der Waals surface area contributed by atoms with E-state index in [9.17, 15) is 19.1 Å². The van der Waals surface area contributed by atoms with E-state index in [1.165, 1.54) is 12.1 Å². The molecule has 0 spiro atoms. The first-order chi connectivity index (χ1) is 12.5. The maximum atomic E-state index is 13.6. The molecule has 0 fully saturated rings. The van der Waals surface area contributed by atoms with Crippen LogP contribution in [-0.4, -0.2) is 20.8 Å². The van der Waals surface area contributed by atoms with Crippen LogP contribution in [0.5, 0.6) is 5.75 Å². The Hall–Kier alpha value is -3.00. The van der Waals surface area contributed by atoms with Crippen molar-refractivity contribution in [1.82, 2.24) is 15.1 Å². The lowest BCUT2D eigenvalue weighted by molar-refractivity contribution is 0.0940. The molecular formula is C18H13BrFN3O3. The van der Waals surface area contributed by atoms with Gasteiger partial charge in [-0.15, -0.1) is 0 Å². The lowest BCUT2D eigenvalue weighted by Crippen LogP contribution is -2.29. The van der Waals surface area contributed by atoms with Crippen LogP contribution in [-0.2, 0) is 6.54 Å². The SMILES string of the molecule is O=C(NCc1ccccc1F)c1nn(-c2ccc(Br)cc2)c(=O)cc1O. The summed E-state index contributed by atoms with van der Waals surface area (Å²) in [5.74, 6) is -1.73. The number of hydrogen-bond donors (Lipinski definition) is 2. The van der Waals surface area contributed by atoms with Gasteiger partial charge in [0.15, 0.2) is 11.4 Å². The largest absolute Gasteiger partial charge is 0.505 e. The zero-order valence-corrected chi connectivity index (χ0v) is 14.9. The highest BCUT2D eigenvalue weighted by atomic mass is 79.9. The molecule has 0 saturated carbocycles. The number of nitrogens with one attached hydrogen (secondary N) is 1. The molecular weight excluding hydrogens is 405 g/mol. The van der Waals surface area contributed by atoms with Crippen LogP contribution in [0.15, 0.2) is 63.9 Å². The van der Waals surface area contributed by atoms with Crippen molar-refractivity contribution in [2.24, 2.45) is 0 Å². The summed E-state index contributed by atoms with van der Waals surface area (Å²) in [5.41, 5.74) is -0.192. The molecule has 1 aromatic heterocycles. The van der Waals surface area contributed by atoms with Gasteiger partial charge in [0.1, 0.15) is 5.82 Å². The molecule has 0 unspecified atom stereocenters. The third-order valence-corrected chi connectivity index (χ3v) is 4.12. The first-order valence-electron chi connectivity index (χ1n) is 7.56. The number of aromatic nitrogens is 2. The van der Waals surface area contributed by atoms with Gasteiger partial charge in [-0.1, -0.05) is 34.1 Å². The number of rotatable bonds is 4. The molecule has 26 heavy (non-hydrogen) atoms. The Morgan fingerprint density at radius 2 is 1.88 bits per heavy atom. The summed E-state index contributed by atoms with van der Waals surface area (Å²) in [6.07, 6.45) is 0. The Kier molecular flexibility index (Phi) is 5.13. The Labute approximate surface area is 156 Å². The first-order valence-corrected chi connectivity index (χ1v) is 8.36. The highest BCUT2D eigenvalue weighted by molar-refractivity contribution is 9.10. The number of carbonyl (C=O) groups excluding carboxylic acids is 1. The van der Waals surface area contributed by atoms with Crippen molar-refractivity contribution < 1.29 is 14.3 Å². The molecule has 2 N–H and O–H groups in total. The monoisotopic (exact) mass is 417 g/mol. The average Bonchev–Trinajstić information content (AvgIpc) is 2.62. The number of carbonyl (C=O) groups is 1. The highest BCUT2D eigenvalue weighted by Gasteiger charge is 2.17. The van der Waals surface area contributed by atoms with Gasteiger partial charge >= 0.3 is 0 Å². The fourth-order valence-electron chi connectivity index (χ4n) is 2.28. The van der Waals surface area contributed by atoms with Crippen LogP contribution in [0, 0.1) is 5.82 Å². The van der Waals surface area contributed by atoms with Gasteiger partial charge in [0.25, 0.3) is 11.5 Å². The van der Waals surface area contributed by atoms with Crippen LogP contribution in [0.2, 0.25) is 0 Å². The Morgan fingerprint density at radius 1 is 1.19 bits per heavy atom. The number of aromatic hydroxyl groups is 1. The number of halogens is 2. The molecule has 1 heterocycles. The second-order valence-electron chi connectivity index (χ2n) is 5.38. The number of hydrogen-bond acceptors (Lipinski definition) is 4. The summed E-state index contributed by atoms with van der Waals surface area (Å²) in [6, 6.07) is 13.6. The molecule has 0 aliphatic heterocycles. The fraction of sp³-hybridized carbons (Fsp3) is 0.0556. The van der Waals surface area contributed by atoms with E-state index in [0.29, 0.717) is 11.3 Å². The summed E-state index contributed by atoms with van der Waals surface area (Å²) in [7, 11) is 0. The van der Waals surface area contributed by atoms with Crippen molar-refractivity contribution in [2.45, 2.75) is 6.54 Å². The van der Waals surface area contributed by atoms with Crippen molar-refractivity contribution in [3.05, 3.63) is 86.5 Å². The van der Waals surface area contributed by atoms with Crippen molar-refractivity contribution in [2.75, 3.05) is 0 Å². The summed E-state index contributed by atoms with van der Waals surface area (Å²) in [6.45, 7) is -0.0793. The average molecular weight is 418 g/mol. The lowest BCUT2D eigenvalue weighted by Gasteiger charge is -2.10. The molecule has 2 aromatic carbocycles. The van der Waals surface area contributed by atoms with E-state index >= 15 is 0 Å². The zero-order chi connectivity index (χ0) is 18.7. The molecule has 0 saturated heterocycles. The number of amides is 1. The van der Waals surface area contributed by atoms with Crippen LogP contribution in [0.3, 0.4) is 0 Å². The van der Waals surface area contributed by atoms with Crippen molar-refractivity contribution in [3.8, 4) is 11.4 Å². The molecule has 1 amide bonds. The van der Waals surface area contributed by atoms with Gasteiger partial charge in [0, 0.05) is 22.6 Å². The van der Waals surface area contributed by atoms with Gasteiger partial charge in [-0.2, -0.15) is 9.78 Å². The summed E-state index contributed by atoms with van der Waals surface area (Å²) >= 11 is 3.29. The minimum atomic E-state index is -0.725. The number of nitrogens with zero attached hydrogens (tertiary/aromatic N) is 2. The van der Waals surface area contributed by atoms with Crippen molar-refractivity contribution in [1.29, 1.82) is 0 Å². The summed E-state index contributed by atoms with van der Waals surface area (Å²) < 4.78 is 15.4. The molecule has 0 bridgehead atoms. The molecule has 3 aromatic rings. The third kappa shape index (κ3) is 3.80. The standard InChI is InChI=1S/C18H13BrFN3O3/c19-12-5-7-13(8-6-12)23-16(25)9-15(24)17(22-23)18(26)21-10-11-3-1-2-4-14(11)20/h1-9,24H,10H2,(H,21,26). The van der Waals surface area contributed by atoms with E-state index in [4.69, 9.17) is 0 Å². The van der Waals surface area contributed by atoms with E-state index in [0.717, 1.165) is 15.2 Å². The predicted molar refractivity (Wildman–Crippen MR) is 96.8 cm³/mol. The molecule has 0 atom stereocenters. The Bertz CT molecular complexity index is 1020. The van der Waals surface area contributed by atoms with E-state index < -0.39 is 23.0 Å². The van der Waals surface area contributed by atoms with Gasteiger partial charge in [-0.05, 0) is 30.3 Å². The predicted octanol–water partition coefficient (Wildman–Crippen LogP) is 2.77. The minimum absolute atomic E-state index is 0.0793. The first kappa shape index (κ1) is 17.8. The fourth-order valence-corrected chi connectivity index (χ4v) is 2.54. The quantitative estimate of drug-likeness (QED) is 0.683. The summed E-state index contributed by atoms with van der Waals surface area (Å²) in [5, 5.41) is 16.3. The van der Waals surface area contributed by atoms with Gasteiger partial charge in [0.2, 0.25) is 0 Å². The van der Waals surface area contributed by atoms with E-state index in [2.05, 4.69) is 26.3 Å². The van der Waals surface area contributed by atoms with E-state index in [1.807, 2.05) is 0 Å². The molecule has 8 heteroatoms. The minimum Gasteiger partial charge on any atom is -0.505 e. The third-order valence-electron chi connectivity index (χ3n) is 3.60. The van der Waals surface area contributed by atoms with Gasteiger partial charge in [-0.3, -0.25) is 9.59 Å². The van der Waals surface area contributed by atoms with E-state index in [-0.39, 0.29) is 12.2 Å². The topological polar surface area (TPSA) is 84.2 Å². The summed E-state index contributed by atoms with van der Waals surface area (Å²) in [4.78, 5) is 24.4. The molecule has 6 nitrogen and oxygen atoms in total.